The molecular weight excluding hydrogens is 345 g/mol. The second-order valence-corrected chi connectivity index (χ2v) is 6.13. The molecule has 0 aliphatic carbocycles. The molecule has 0 unspecified atom stereocenters. The highest BCUT2D eigenvalue weighted by atomic mass is 35.5. The van der Waals surface area contributed by atoms with Crippen LogP contribution in [0.15, 0.2) is 24.3 Å². The van der Waals surface area contributed by atoms with Gasteiger partial charge in [-0.25, -0.2) is 4.79 Å². The van der Waals surface area contributed by atoms with Crippen LogP contribution >= 0.6 is 35.0 Å². The zero-order valence-corrected chi connectivity index (χ0v) is 14.6. The molecule has 4 nitrogen and oxygen atoms in total. The number of thioether (sulfide) groups is 1. The topological polar surface area (TPSA) is 55.4 Å². The van der Waals surface area contributed by atoms with Crippen LogP contribution in [0.1, 0.15) is 12.0 Å². The van der Waals surface area contributed by atoms with Crippen LogP contribution in [0.3, 0.4) is 0 Å². The van der Waals surface area contributed by atoms with Crippen molar-refractivity contribution in [1.82, 2.24) is 5.32 Å². The molecule has 0 aliphatic heterocycles. The molecule has 7 heteroatoms. The molecule has 1 aromatic rings. The summed E-state index contributed by atoms with van der Waals surface area (Å²) in [5.74, 6) is -0.140. The lowest BCUT2D eigenvalue weighted by Gasteiger charge is -2.14. The van der Waals surface area contributed by atoms with Gasteiger partial charge in [-0.15, -0.1) is 0 Å². The van der Waals surface area contributed by atoms with E-state index < -0.39 is 17.9 Å². The van der Waals surface area contributed by atoms with Crippen LogP contribution in [0.4, 0.5) is 0 Å². The SMILES string of the molecule is COC(=O)[C@@H](CCSC)NC(=O)/C=C/c1c(Cl)cccc1Cl. The van der Waals surface area contributed by atoms with Gasteiger partial charge in [-0.3, -0.25) is 4.79 Å². The predicted molar refractivity (Wildman–Crippen MR) is 92.4 cm³/mol. The molecule has 120 valence electrons. The third kappa shape index (κ3) is 5.91. The number of ether oxygens (including phenoxy) is 1. The summed E-state index contributed by atoms with van der Waals surface area (Å²) in [7, 11) is 1.29. The quantitative estimate of drug-likeness (QED) is 0.597. The number of halogens is 2. The minimum atomic E-state index is -0.670. The number of carbonyl (C=O) groups is 2. The highest BCUT2D eigenvalue weighted by Gasteiger charge is 2.19. The van der Waals surface area contributed by atoms with Crippen molar-refractivity contribution in [3.05, 3.63) is 39.9 Å². The van der Waals surface area contributed by atoms with Crippen molar-refractivity contribution in [1.29, 1.82) is 0 Å². The van der Waals surface area contributed by atoms with Crippen molar-refractivity contribution in [2.24, 2.45) is 0 Å². The van der Waals surface area contributed by atoms with Crippen molar-refractivity contribution >= 4 is 52.9 Å². The summed E-state index contributed by atoms with van der Waals surface area (Å²) >= 11 is 13.6. The van der Waals surface area contributed by atoms with Crippen LogP contribution in [-0.2, 0) is 14.3 Å². The van der Waals surface area contributed by atoms with Crippen molar-refractivity contribution in [2.45, 2.75) is 12.5 Å². The molecule has 1 N–H and O–H groups in total. The van der Waals surface area contributed by atoms with Gasteiger partial charge in [-0.1, -0.05) is 29.3 Å². The fourth-order valence-corrected chi connectivity index (χ4v) is 2.67. The van der Waals surface area contributed by atoms with Gasteiger partial charge in [0, 0.05) is 21.7 Å². The van der Waals surface area contributed by atoms with E-state index in [0.29, 0.717) is 22.0 Å². The Balaban J connectivity index is 2.74. The van der Waals surface area contributed by atoms with Gasteiger partial charge in [0.15, 0.2) is 0 Å². The second-order valence-electron chi connectivity index (χ2n) is 4.33. The first-order valence-electron chi connectivity index (χ1n) is 6.49. The van der Waals surface area contributed by atoms with E-state index in [9.17, 15) is 9.59 Å². The molecule has 1 aromatic carbocycles. The van der Waals surface area contributed by atoms with Crippen molar-refractivity contribution < 1.29 is 14.3 Å². The third-order valence-corrected chi connectivity index (χ3v) is 4.12. The number of carbonyl (C=O) groups excluding carboxylic acids is 2. The van der Waals surface area contributed by atoms with Gasteiger partial charge in [0.1, 0.15) is 6.04 Å². The first-order valence-corrected chi connectivity index (χ1v) is 8.64. The minimum absolute atomic E-state index is 0.410. The number of rotatable bonds is 7. The zero-order valence-electron chi connectivity index (χ0n) is 12.3. The smallest absolute Gasteiger partial charge is 0.328 e. The molecule has 0 aromatic heterocycles. The Labute approximate surface area is 144 Å². The van der Waals surface area contributed by atoms with E-state index in [1.165, 1.54) is 19.3 Å². The summed E-state index contributed by atoms with van der Waals surface area (Å²) < 4.78 is 4.68. The van der Waals surface area contributed by atoms with Crippen LogP contribution in [-0.4, -0.2) is 37.0 Å². The molecule has 0 aliphatic rings. The molecule has 22 heavy (non-hydrogen) atoms. The lowest BCUT2D eigenvalue weighted by Crippen LogP contribution is -2.41. The summed E-state index contributed by atoms with van der Waals surface area (Å²) in [5, 5.41) is 3.51. The Bertz CT molecular complexity index is 543. The molecule has 0 bridgehead atoms. The molecule has 0 radical (unpaired) electrons. The maximum atomic E-state index is 11.9. The van der Waals surface area contributed by atoms with Crippen LogP contribution in [0.2, 0.25) is 10.0 Å². The van der Waals surface area contributed by atoms with Gasteiger partial charge in [0.2, 0.25) is 5.91 Å². The Kier molecular flexibility index (Phi) is 8.38. The predicted octanol–water partition coefficient (Wildman–Crippen LogP) is 3.42. The summed E-state index contributed by atoms with van der Waals surface area (Å²) in [4.78, 5) is 23.6. The summed E-state index contributed by atoms with van der Waals surface area (Å²) in [6, 6.07) is 4.41. The maximum absolute atomic E-state index is 11.9. The van der Waals surface area contributed by atoms with Gasteiger partial charge in [0.25, 0.3) is 0 Å². The number of hydrogen-bond donors (Lipinski definition) is 1. The summed E-state index contributed by atoms with van der Waals surface area (Å²) in [6.45, 7) is 0. The zero-order chi connectivity index (χ0) is 16.5. The molecule has 0 heterocycles. The first kappa shape index (κ1) is 18.9. The van der Waals surface area contributed by atoms with E-state index in [4.69, 9.17) is 23.2 Å². The number of nitrogens with one attached hydrogen (secondary N) is 1. The van der Waals surface area contributed by atoms with Crippen molar-refractivity contribution in [2.75, 3.05) is 19.1 Å². The Morgan fingerprint density at radius 3 is 2.55 bits per heavy atom. The fourth-order valence-electron chi connectivity index (χ4n) is 1.68. The number of hydrogen-bond acceptors (Lipinski definition) is 4. The average Bonchev–Trinajstić information content (AvgIpc) is 2.50. The van der Waals surface area contributed by atoms with E-state index >= 15 is 0 Å². The Morgan fingerprint density at radius 1 is 1.36 bits per heavy atom. The minimum Gasteiger partial charge on any atom is -0.467 e. The lowest BCUT2D eigenvalue weighted by atomic mass is 10.2. The van der Waals surface area contributed by atoms with Crippen molar-refractivity contribution in [3.8, 4) is 0 Å². The normalized spacial score (nSPS) is 12.2. The largest absolute Gasteiger partial charge is 0.467 e. The average molecular weight is 362 g/mol. The van der Waals surface area contributed by atoms with Crippen molar-refractivity contribution in [3.63, 3.8) is 0 Å². The van der Waals surface area contributed by atoms with E-state index in [-0.39, 0.29) is 0 Å². The maximum Gasteiger partial charge on any atom is 0.328 e. The van der Waals surface area contributed by atoms with Gasteiger partial charge >= 0.3 is 5.97 Å². The standard InChI is InChI=1S/C15H17Cl2NO3S/c1-21-15(20)13(8-9-22-2)18-14(19)7-6-10-11(16)4-3-5-12(10)17/h3-7,13H,8-9H2,1-2H3,(H,18,19)/b7-6+/t13-/m1/s1. The fraction of sp³-hybridized carbons (Fsp3) is 0.333. The second kappa shape index (κ2) is 9.77. The third-order valence-electron chi connectivity index (χ3n) is 2.81. The Hall–Kier alpha value is -1.17. The van der Waals surface area contributed by atoms with Gasteiger partial charge < -0.3 is 10.1 Å². The molecule has 1 amide bonds. The monoisotopic (exact) mass is 361 g/mol. The summed E-state index contributed by atoms with van der Waals surface area (Å²) in [5.41, 5.74) is 0.555. The van der Waals surface area contributed by atoms with E-state index in [1.54, 1.807) is 30.0 Å². The highest BCUT2D eigenvalue weighted by Crippen LogP contribution is 2.25. The van der Waals surface area contributed by atoms with Gasteiger partial charge in [0.05, 0.1) is 7.11 Å². The first-order chi connectivity index (χ1) is 10.5. The molecular formula is C15H17Cl2NO3S. The molecule has 1 atom stereocenters. The molecule has 0 saturated heterocycles. The van der Waals surface area contributed by atoms with Crippen LogP contribution < -0.4 is 5.32 Å². The van der Waals surface area contributed by atoms with Crippen LogP contribution in [0.5, 0.6) is 0 Å². The summed E-state index contributed by atoms with van der Waals surface area (Å²) in [6.07, 6.45) is 5.24. The highest BCUT2D eigenvalue weighted by molar-refractivity contribution is 7.98. The van der Waals surface area contributed by atoms with Crippen LogP contribution in [0.25, 0.3) is 6.08 Å². The van der Waals surface area contributed by atoms with Gasteiger partial charge in [-0.05, 0) is 36.6 Å². The lowest BCUT2D eigenvalue weighted by molar-refractivity contribution is -0.144. The number of esters is 1. The molecule has 0 fully saturated rings. The number of benzene rings is 1. The molecule has 0 spiro atoms. The van der Waals surface area contributed by atoms with E-state index in [2.05, 4.69) is 10.1 Å². The van der Waals surface area contributed by atoms with E-state index in [0.717, 1.165) is 5.75 Å². The Morgan fingerprint density at radius 2 is 2.00 bits per heavy atom. The molecule has 0 saturated carbocycles. The van der Waals surface area contributed by atoms with Crippen LogP contribution in [0, 0.1) is 0 Å². The molecule has 1 rings (SSSR count). The van der Waals surface area contributed by atoms with Gasteiger partial charge in [-0.2, -0.15) is 11.8 Å². The van der Waals surface area contributed by atoms with E-state index in [1.807, 2.05) is 6.26 Å². The number of methoxy groups -OCH3 is 1. The number of amides is 1.